The average molecular weight is 236 g/mol. The lowest BCUT2D eigenvalue weighted by atomic mass is 10.0. The Balaban J connectivity index is 2.17. The Morgan fingerprint density at radius 1 is 1.38 bits per heavy atom. The summed E-state index contributed by atoms with van der Waals surface area (Å²) in [5.74, 6) is 0.879. The molecule has 2 aromatic rings. The summed E-state index contributed by atoms with van der Waals surface area (Å²) in [5.41, 5.74) is 8.19. The van der Waals surface area contributed by atoms with Gasteiger partial charge in [0.1, 0.15) is 5.76 Å². The molecule has 0 radical (unpaired) electrons. The number of benzene rings is 1. The molecule has 2 nitrogen and oxygen atoms in total. The predicted octanol–water partition coefficient (Wildman–Crippen LogP) is 3.48. The summed E-state index contributed by atoms with van der Waals surface area (Å²) in [6.45, 7) is 2.01. The lowest BCUT2D eigenvalue weighted by molar-refractivity contribution is 0.488. The highest BCUT2D eigenvalue weighted by molar-refractivity contribution is 6.31. The second-order valence-corrected chi connectivity index (χ2v) is 4.32. The first-order valence-electron chi connectivity index (χ1n) is 5.21. The van der Waals surface area contributed by atoms with Gasteiger partial charge in [-0.05, 0) is 36.2 Å². The molecule has 2 N–H and O–H groups in total. The van der Waals surface area contributed by atoms with Crippen LogP contribution in [0.4, 0.5) is 0 Å². The number of aryl methyl sites for hydroxylation is 1. The van der Waals surface area contributed by atoms with E-state index in [0.29, 0.717) is 6.42 Å². The van der Waals surface area contributed by atoms with E-state index in [4.69, 9.17) is 21.8 Å². The van der Waals surface area contributed by atoms with E-state index in [-0.39, 0.29) is 6.04 Å². The van der Waals surface area contributed by atoms with Gasteiger partial charge in [-0.25, -0.2) is 0 Å². The maximum Gasteiger partial charge on any atom is 0.105 e. The van der Waals surface area contributed by atoms with E-state index in [1.54, 1.807) is 6.26 Å². The van der Waals surface area contributed by atoms with Crippen molar-refractivity contribution < 1.29 is 4.42 Å². The summed E-state index contributed by atoms with van der Waals surface area (Å²) in [7, 11) is 0. The maximum atomic E-state index is 6.15. The molecule has 1 atom stereocenters. The fourth-order valence-corrected chi connectivity index (χ4v) is 2.06. The van der Waals surface area contributed by atoms with Crippen molar-refractivity contribution in [1.29, 1.82) is 0 Å². The molecular formula is C13H14ClNO. The summed E-state index contributed by atoms with van der Waals surface area (Å²) in [5, 5.41) is 0.721. The van der Waals surface area contributed by atoms with Crippen LogP contribution in [0.15, 0.2) is 41.0 Å². The number of furan rings is 1. The van der Waals surface area contributed by atoms with Gasteiger partial charge in [0.25, 0.3) is 0 Å². The quantitative estimate of drug-likeness (QED) is 0.885. The zero-order valence-corrected chi connectivity index (χ0v) is 9.87. The van der Waals surface area contributed by atoms with E-state index in [1.165, 1.54) is 0 Å². The summed E-state index contributed by atoms with van der Waals surface area (Å²) < 4.78 is 5.27. The van der Waals surface area contributed by atoms with Crippen LogP contribution in [-0.2, 0) is 6.42 Å². The molecule has 2 rings (SSSR count). The minimum absolute atomic E-state index is 0.126. The number of hydrogen-bond donors (Lipinski definition) is 1. The lowest BCUT2D eigenvalue weighted by Gasteiger charge is -2.12. The molecule has 0 spiro atoms. The van der Waals surface area contributed by atoms with Crippen molar-refractivity contribution >= 4 is 11.6 Å². The van der Waals surface area contributed by atoms with Crippen molar-refractivity contribution in [1.82, 2.24) is 0 Å². The zero-order chi connectivity index (χ0) is 11.5. The average Bonchev–Trinajstić information content (AvgIpc) is 2.70. The van der Waals surface area contributed by atoms with E-state index in [2.05, 4.69) is 0 Å². The van der Waals surface area contributed by atoms with Gasteiger partial charge in [-0.15, -0.1) is 0 Å². The van der Waals surface area contributed by atoms with Crippen molar-refractivity contribution in [3.05, 3.63) is 58.5 Å². The minimum Gasteiger partial charge on any atom is -0.469 e. The van der Waals surface area contributed by atoms with Crippen LogP contribution in [0.5, 0.6) is 0 Å². The highest BCUT2D eigenvalue weighted by Gasteiger charge is 2.12. The van der Waals surface area contributed by atoms with Gasteiger partial charge in [0.15, 0.2) is 0 Å². The van der Waals surface area contributed by atoms with Crippen molar-refractivity contribution in [2.75, 3.05) is 0 Å². The van der Waals surface area contributed by atoms with Gasteiger partial charge in [-0.1, -0.05) is 23.7 Å². The molecule has 1 aromatic carbocycles. The molecule has 0 fully saturated rings. The van der Waals surface area contributed by atoms with Crippen LogP contribution in [0.2, 0.25) is 5.02 Å². The molecule has 0 saturated carbocycles. The van der Waals surface area contributed by atoms with Crippen LogP contribution in [0, 0.1) is 6.92 Å². The van der Waals surface area contributed by atoms with Crippen LogP contribution in [0.25, 0.3) is 0 Å². The Labute approximate surface area is 100 Å². The molecule has 0 aliphatic rings. The number of rotatable bonds is 3. The van der Waals surface area contributed by atoms with Crippen LogP contribution in [-0.4, -0.2) is 0 Å². The first-order valence-corrected chi connectivity index (χ1v) is 5.58. The third-order valence-electron chi connectivity index (χ3n) is 2.56. The Morgan fingerprint density at radius 3 is 2.81 bits per heavy atom. The van der Waals surface area contributed by atoms with E-state index in [9.17, 15) is 0 Å². The smallest absolute Gasteiger partial charge is 0.105 e. The summed E-state index contributed by atoms with van der Waals surface area (Å²) >= 11 is 6.15. The molecular weight excluding hydrogens is 222 g/mol. The van der Waals surface area contributed by atoms with Gasteiger partial charge in [0.2, 0.25) is 0 Å². The number of halogens is 1. The molecule has 0 saturated heterocycles. The zero-order valence-electron chi connectivity index (χ0n) is 9.11. The SMILES string of the molecule is Cc1ccc(C(N)Cc2ccco2)c(Cl)c1. The first kappa shape index (κ1) is 11.2. The second kappa shape index (κ2) is 4.73. The maximum absolute atomic E-state index is 6.15. The standard InChI is InChI=1S/C13H14ClNO/c1-9-4-5-11(12(14)7-9)13(15)8-10-3-2-6-16-10/h2-7,13H,8,15H2,1H3. The van der Waals surface area contributed by atoms with Crippen molar-refractivity contribution in [2.24, 2.45) is 5.73 Å². The number of nitrogens with two attached hydrogens (primary N) is 1. The van der Waals surface area contributed by atoms with Gasteiger partial charge in [-0.2, -0.15) is 0 Å². The normalized spacial score (nSPS) is 12.7. The molecule has 3 heteroatoms. The van der Waals surface area contributed by atoms with Crippen molar-refractivity contribution in [3.8, 4) is 0 Å². The topological polar surface area (TPSA) is 39.2 Å². The molecule has 84 valence electrons. The van der Waals surface area contributed by atoms with Gasteiger partial charge in [0, 0.05) is 17.5 Å². The van der Waals surface area contributed by atoms with Crippen molar-refractivity contribution in [2.45, 2.75) is 19.4 Å². The highest BCUT2D eigenvalue weighted by atomic mass is 35.5. The lowest BCUT2D eigenvalue weighted by Crippen LogP contribution is -2.13. The van der Waals surface area contributed by atoms with Crippen LogP contribution < -0.4 is 5.73 Å². The summed E-state index contributed by atoms with van der Waals surface area (Å²) in [4.78, 5) is 0. The predicted molar refractivity (Wildman–Crippen MR) is 65.5 cm³/mol. The van der Waals surface area contributed by atoms with Gasteiger partial charge in [0.05, 0.1) is 6.26 Å². The third-order valence-corrected chi connectivity index (χ3v) is 2.88. The molecule has 0 aliphatic carbocycles. The van der Waals surface area contributed by atoms with E-state index < -0.39 is 0 Å². The molecule has 0 bridgehead atoms. The highest BCUT2D eigenvalue weighted by Crippen LogP contribution is 2.25. The van der Waals surface area contributed by atoms with E-state index in [1.807, 2.05) is 37.3 Å². The van der Waals surface area contributed by atoms with Gasteiger partial charge in [-0.3, -0.25) is 0 Å². The third kappa shape index (κ3) is 2.46. The van der Waals surface area contributed by atoms with Crippen LogP contribution in [0.1, 0.15) is 22.9 Å². The van der Waals surface area contributed by atoms with Gasteiger partial charge < -0.3 is 10.2 Å². The summed E-state index contributed by atoms with van der Waals surface area (Å²) in [6, 6.07) is 9.58. The molecule has 16 heavy (non-hydrogen) atoms. The molecule has 0 aliphatic heterocycles. The molecule has 0 amide bonds. The Bertz CT molecular complexity index is 465. The fraction of sp³-hybridized carbons (Fsp3) is 0.231. The summed E-state index contributed by atoms with van der Waals surface area (Å²) in [6.07, 6.45) is 2.31. The molecule has 1 heterocycles. The first-order chi connectivity index (χ1) is 7.66. The Hall–Kier alpha value is -1.25. The Morgan fingerprint density at radius 2 is 2.19 bits per heavy atom. The van der Waals surface area contributed by atoms with Crippen molar-refractivity contribution in [3.63, 3.8) is 0 Å². The molecule has 1 aromatic heterocycles. The molecule has 1 unspecified atom stereocenters. The second-order valence-electron chi connectivity index (χ2n) is 3.91. The minimum atomic E-state index is -0.126. The fourth-order valence-electron chi connectivity index (χ4n) is 1.69. The largest absolute Gasteiger partial charge is 0.469 e. The van der Waals surface area contributed by atoms with Crippen LogP contribution in [0.3, 0.4) is 0 Å². The van der Waals surface area contributed by atoms with Gasteiger partial charge >= 0.3 is 0 Å². The Kier molecular flexibility index (Phi) is 3.32. The number of hydrogen-bond acceptors (Lipinski definition) is 2. The van der Waals surface area contributed by atoms with E-state index in [0.717, 1.165) is 21.9 Å². The van der Waals surface area contributed by atoms with Crippen LogP contribution >= 0.6 is 11.6 Å². The monoisotopic (exact) mass is 235 g/mol. The van der Waals surface area contributed by atoms with E-state index >= 15 is 0 Å².